The second kappa shape index (κ2) is 19.0. The third-order valence-electron chi connectivity index (χ3n) is 14.6. The van der Waals surface area contributed by atoms with E-state index in [2.05, 4.69) is 246 Å². The van der Waals surface area contributed by atoms with Gasteiger partial charge in [0.1, 0.15) is 0 Å². The summed E-state index contributed by atoms with van der Waals surface area (Å²) in [6, 6.07) is 48.2. The fourth-order valence-corrected chi connectivity index (χ4v) is 10.8. The highest BCUT2D eigenvalue weighted by atomic mass is 14.7. The molecule has 5 aromatic rings. The van der Waals surface area contributed by atoms with Crippen LogP contribution in [0.5, 0.6) is 0 Å². The second-order valence-corrected chi connectivity index (χ2v) is 18.4. The standard InChI is InChI=1S/C63H61N/c1-44-19-12-14-27-56(44)57-28-15-17-30-61(57)63(4)46(3)41-54(26-18-25-52-24-13-16-29-60(52)63)49-33-37-51(38-34-49)58-42-55(32-31-45(58)2)59(50-22-10-7-11-23-50)43-62(64-5)53-39-35-48(36-40-53)47-20-8-6-9-21-47/h6-15,17-24,26-28,30-33,35-43,45-46,49,58-59H,5,16,25,29,34H2,1-4H3/b26-18?,54-41?,62-43-. The van der Waals surface area contributed by atoms with Crippen LogP contribution in [-0.4, -0.2) is 6.72 Å². The monoisotopic (exact) mass is 831 g/mol. The molecule has 0 aromatic heterocycles. The van der Waals surface area contributed by atoms with Gasteiger partial charge in [-0.1, -0.05) is 227 Å². The molecule has 4 aliphatic rings. The normalized spacial score (nSPS) is 23.8. The Morgan fingerprint density at radius 3 is 2.14 bits per heavy atom. The van der Waals surface area contributed by atoms with Crippen LogP contribution >= 0.6 is 0 Å². The Balaban J connectivity index is 1.01. The van der Waals surface area contributed by atoms with Gasteiger partial charge in [-0.15, -0.1) is 0 Å². The summed E-state index contributed by atoms with van der Waals surface area (Å²) >= 11 is 0. The zero-order valence-corrected chi connectivity index (χ0v) is 38.0. The first kappa shape index (κ1) is 42.7. The Labute approximate surface area is 382 Å². The van der Waals surface area contributed by atoms with Crippen molar-refractivity contribution in [2.45, 2.75) is 64.7 Å². The van der Waals surface area contributed by atoms with Gasteiger partial charge in [0.2, 0.25) is 0 Å². The number of allylic oxidation sites excluding steroid dienone is 17. The molecule has 4 aliphatic carbocycles. The lowest BCUT2D eigenvalue weighted by atomic mass is 9.62. The quantitative estimate of drug-likeness (QED) is 0.124. The van der Waals surface area contributed by atoms with Crippen molar-refractivity contribution in [1.29, 1.82) is 0 Å². The van der Waals surface area contributed by atoms with E-state index in [4.69, 9.17) is 0 Å². The molecule has 0 bridgehead atoms. The van der Waals surface area contributed by atoms with Crippen molar-refractivity contribution in [2.75, 3.05) is 0 Å². The molecule has 318 valence electrons. The number of rotatable bonds is 10. The van der Waals surface area contributed by atoms with Gasteiger partial charge in [-0.25, -0.2) is 0 Å². The van der Waals surface area contributed by atoms with Gasteiger partial charge >= 0.3 is 0 Å². The summed E-state index contributed by atoms with van der Waals surface area (Å²) in [6.45, 7) is 13.7. The predicted octanol–water partition coefficient (Wildman–Crippen LogP) is 16.5. The minimum absolute atomic E-state index is 0.0258. The Morgan fingerprint density at radius 2 is 1.41 bits per heavy atom. The van der Waals surface area contributed by atoms with E-state index >= 15 is 0 Å². The van der Waals surface area contributed by atoms with Crippen LogP contribution in [-0.2, 0) is 5.41 Å². The lowest BCUT2D eigenvalue weighted by Gasteiger charge is -2.41. The largest absolute Gasteiger partial charge is 0.264 e. The second-order valence-electron chi connectivity index (χ2n) is 18.4. The average Bonchev–Trinajstić information content (AvgIpc) is 3.40. The molecule has 1 nitrogen and oxygen atoms in total. The molecule has 6 atom stereocenters. The highest BCUT2D eigenvalue weighted by molar-refractivity contribution is 5.75. The molecule has 0 saturated carbocycles. The van der Waals surface area contributed by atoms with Crippen LogP contribution in [0, 0.1) is 30.6 Å². The van der Waals surface area contributed by atoms with Crippen molar-refractivity contribution in [2.24, 2.45) is 28.7 Å². The first-order valence-corrected chi connectivity index (χ1v) is 23.4. The van der Waals surface area contributed by atoms with Gasteiger partial charge < -0.3 is 0 Å². The number of aryl methyl sites for hydroxylation is 1. The molecule has 0 heterocycles. The summed E-state index contributed by atoms with van der Waals surface area (Å²) < 4.78 is 0. The van der Waals surface area contributed by atoms with Crippen molar-refractivity contribution in [1.82, 2.24) is 0 Å². The number of aliphatic imine (C=N–C) groups is 1. The van der Waals surface area contributed by atoms with Crippen LogP contribution in [0.25, 0.3) is 28.0 Å². The zero-order valence-electron chi connectivity index (χ0n) is 38.0. The lowest BCUT2D eigenvalue weighted by molar-refractivity contribution is 0.416. The molecule has 64 heavy (non-hydrogen) atoms. The third kappa shape index (κ3) is 8.69. The molecular weight excluding hydrogens is 771 g/mol. The maximum Gasteiger partial charge on any atom is 0.0664 e. The number of hydrogen-bond acceptors (Lipinski definition) is 1. The summed E-state index contributed by atoms with van der Waals surface area (Å²) in [5.41, 5.74) is 18.1. The first-order valence-electron chi connectivity index (χ1n) is 23.4. The Bertz CT molecular complexity index is 2780. The van der Waals surface area contributed by atoms with Crippen molar-refractivity contribution in [3.05, 3.63) is 256 Å². The highest BCUT2D eigenvalue weighted by Gasteiger charge is 2.40. The summed E-state index contributed by atoms with van der Waals surface area (Å²) in [5.74, 6) is 1.27. The van der Waals surface area contributed by atoms with Gasteiger partial charge in [0.05, 0.1) is 5.70 Å². The van der Waals surface area contributed by atoms with Crippen LogP contribution in [0.2, 0.25) is 0 Å². The van der Waals surface area contributed by atoms with E-state index < -0.39 is 0 Å². The van der Waals surface area contributed by atoms with Crippen molar-refractivity contribution < 1.29 is 0 Å². The van der Waals surface area contributed by atoms with Crippen molar-refractivity contribution >= 4 is 12.4 Å². The molecule has 0 N–H and O–H groups in total. The Kier molecular flexibility index (Phi) is 12.7. The van der Waals surface area contributed by atoms with Gasteiger partial charge in [-0.05, 0) is 124 Å². The van der Waals surface area contributed by atoms with E-state index in [9.17, 15) is 0 Å². The van der Waals surface area contributed by atoms with E-state index in [0.29, 0.717) is 11.8 Å². The highest BCUT2D eigenvalue weighted by Crippen LogP contribution is 2.50. The van der Waals surface area contributed by atoms with E-state index in [1.54, 1.807) is 5.57 Å². The smallest absolute Gasteiger partial charge is 0.0664 e. The molecule has 0 amide bonds. The average molecular weight is 832 g/mol. The number of nitrogens with zero attached hydrogens (tertiary/aromatic N) is 1. The minimum Gasteiger partial charge on any atom is -0.264 e. The third-order valence-corrected chi connectivity index (χ3v) is 14.6. The summed E-state index contributed by atoms with van der Waals surface area (Å²) in [4.78, 5) is 4.61. The molecule has 0 aliphatic heterocycles. The fraction of sp³-hybridized carbons (Fsp3) is 0.222. The van der Waals surface area contributed by atoms with Crippen LogP contribution < -0.4 is 0 Å². The van der Waals surface area contributed by atoms with Gasteiger partial charge in [-0.2, -0.15) is 0 Å². The molecular formula is C63H61N. The fourth-order valence-electron chi connectivity index (χ4n) is 10.8. The molecule has 0 radical (unpaired) electrons. The topological polar surface area (TPSA) is 12.4 Å². The van der Waals surface area contributed by atoms with Gasteiger partial charge in [0.25, 0.3) is 0 Å². The maximum absolute atomic E-state index is 4.61. The SMILES string of the molecule is C=N/C(=C\C(C1=CC(C2=CCC(C3=CC(C)C(C)(c4ccccc4-c4ccccc4C)C4=C(C=CCC4)CC=C3)C=C2)C(C)C=C1)c1ccccc1)c1ccc(-c2ccccc2)cc1. The van der Waals surface area contributed by atoms with Gasteiger partial charge in [-0.3, -0.25) is 4.99 Å². The van der Waals surface area contributed by atoms with Crippen LogP contribution in [0.3, 0.4) is 0 Å². The molecule has 0 spiro atoms. The van der Waals surface area contributed by atoms with Crippen LogP contribution in [0.15, 0.2) is 239 Å². The predicted molar refractivity (Wildman–Crippen MR) is 274 cm³/mol. The van der Waals surface area contributed by atoms with Gasteiger partial charge in [0, 0.05) is 23.2 Å². The summed E-state index contributed by atoms with van der Waals surface area (Å²) in [5, 5.41) is 0. The van der Waals surface area contributed by atoms with E-state index in [0.717, 1.165) is 36.9 Å². The molecule has 5 aromatic carbocycles. The van der Waals surface area contributed by atoms with Crippen molar-refractivity contribution in [3.8, 4) is 22.3 Å². The van der Waals surface area contributed by atoms with Crippen LogP contribution in [0.1, 0.15) is 74.6 Å². The van der Waals surface area contributed by atoms with Gasteiger partial charge in [0.15, 0.2) is 0 Å². The van der Waals surface area contributed by atoms with E-state index in [1.807, 2.05) is 0 Å². The minimum atomic E-state index is -0.170. The van der Waals surface area contributed by atoms with E-state index in [1.165, 1.54) is 61.2 Å². The number of benzene rings is 5. The Morgan fingerprint density at radius 1 is 0.703 bits per heavy atom. The van der Waals surface area contributed by atoms with Crippen molar-refractivity contribution in [3.63, 3.8) is 0 Å². The first-order chi connectivity index (χ1) is 31.3. The molecule has 6 unspecified atom stereocenters. The summed E-state index contributed by atoms with van der Waals surface area (Å²) in [7, 11) is 0. The molecule has 1 heteroatoms. The molecule has 0 saturated heterocycles. The molecule has 9 rings (SSSR count). The number of hydrogen-bond donors (Lipinski definition) is 0. The Hall–Kier alpha value is -6.57. The zero-order chi connectivity index (χ0) is 44.0. The molecule has 0 fully saturated rings. The van der Waals surface area contributed by atoms with Crippen LogP contribution in [0.4, 0.5) is 0 Å². The lowest BCUT2D eigenvalue weighted by Crippen LogP contribution is -2.34. The van der Waals surface area contributed by atoms with E-state index in [-0.39, 0.29) is 23.2 Å². The maximum atomic E-state index is 4.61. The summed E-state index contributed by atoms with van der Waals surface area (Å²) in [6.07, 6.45) is 33.5.